The van der Waals surface area contributed by atoms with Crippen molar-refractivity contribution in [3.8, 4) is 11.5 Å². The normalized spacial score (nSPS) is 13.7. The van der Waals surface area contributed by atoms with Crippen molar-refractivity contribution in [1.29, 1.82) is 0 Å². The van der Waals surface area contributed by atoms with Crippen LogP contribution in [0.2, 0.25) is 19.6 Å². The molecular formula is C20H23F2NO2Si. The van der Waals surface area contributed by atoms with Gasteiger partial charge in [0.2, 0.25) is 0 Å². The summed E-state index contributed by atoms with van der Waals surface area (Å²) in [6.07, 6.45) is -0.127. The summed E-state index contributed by atoms with van der Waals surface area (Å²) < 4.78 is 28.9. The van der Waals surface area contributed by atoms with Gasteiger partial charge in [-0.05, 0) is 36.8 Å². The van der Waals surface area contributed by atoms with E-state index < -0.39 is 30.9 Å². The first kappa shape index (κ1) is 20.1. The third-order valence-electron chi connectivity index (χ3n) is 4.15. The highest BCUT2D eigenvalue weighted by Gasteiger charge is 2.35. The Hall–Kier alpha value is -2.23. The van der Waals surface area contributed by atoms with E-state index in [0.29, 0.717) is 5.69 Å². The Labute approximate surface area is 153 Å². The van der Waals surface area contributed by atoms with E-state index in [1.165, 1.54) is 10.6 Å². The standard InChI is InChI=1S/C20H23F2NO2Si/c1-14-7-8-18(19(24)23(14)2)20(25,9-6-10-26(3,4)5)15-11-16(21)13-17(22)12-15/h7-8,11-13,25H,9H2,1-5H3. The van der Waals surface area contributed by atoms with Crippen LogP contribution in [0, 0.1) is 30.0 Å². The van der Waals surface area contributed by atoms with Gasteiger partial charge in [0, 0.05) is 25.2 Å². The second-order valence-electron chi connectivity index (χ2n) is 7.50. The minimum absolute atomic E-state index is 0.0270. The van der Waals surface area contributed by atoms with E-state index in [4.69, 9.17) is 0 Å². The maximum atomic E-state index is 13.8. The Balaban J connectivity index is 2.71. The lowest BCUT2D eigenvalue weighted by Gasteiger charge is -2.27. The van der Waals surface area contributed by atoms with E-state index in [2.05, 4.69) is 11.5 Å². The van der Waals surface area contributed by atoms with E-state index in [1.54, 1.807) is 20.0 Å². The van der Waals surface area contributed by atoms with Gasteiger partial charge in [0.1, 0.15) is 25.3 Å². The predicted molar refractivity (Wildman–Crippen MR) is 102 cm³/mol. The van der Waals surface area contributed by atoms with Gasteiger partial charge in [-0.1, -0.05) is 19.6 Å². The van der Waals surface area contributed by atoms with Crippen molar-refractivity contribution >= 4 is 8.07 Å². The van der Waals surface area contributed by atoms with Gasteiger partial charge in [-0.15, -0.1) is 11.5 Å². The van der Waals surface area contributed by atoms with Crippen LogP contribution < -0.4 is 5.56 Å². The Morgan fingerprint density at radius 1 is 1.15 bits per heavy atom. The first-order valence-corrected chi connectivity index (χ1v) is 11.8. The van der Waals surface area contributed by atoms with Gasteiger partial charge in [-0.25, -0.2) is 8.78 Å². The highest BCUT2D eigenvalue weighted by Crippen LogP contribution is 2.32. The molecule has 1 N–H and O–H groups in total. The number of hydrogen-bond acceptors (Lipinski definition) is 2. The summed E-state index contributed by atoms with van der Waals surface area (Å²) in [6, 6.07) is 5.99. The molecule has 138 valence electrons. The van der Waals surface area contributed by atoms with Crippen molar-refractivity contribution < 1.29 is 13.9 Å². The largest absolute Gasteiger partial charge is 0.379 e. The third-order valence-corrected chi connectivity index (χ3v) is 5.08. The fraction of sp³-hybridized carbons (Fsp3) is 0.350. The molecule has 2 aromatic rings. The molecule has 0 spiro atoms. The molecule has 0 aliphatic heterocycles. The quantitative estimate of drug-likeness (QED) is 0.659. The molecule has 0 amide bonds. The van der Waals surface area contributed by atoms with Crippen molar-refractivity contribution in [3.05, 3.63) is 69.1 Å². The summed E-state index contributed by atoms with van der Waals surface area (Å²) in [7, 11) is -0.133. The minimum atomic E-state index is -1.90. The van der Waals surface area contributed by atoms with Crippen LogP contribution >= 0.6 is 0 Å². The smallest absolute Gasteiger partial charge is 0.256 e. The van der Waals surface area contributed by atoms with Gasteiger partial charge in [-0.2, -0.15) is 0 Å². The molecule has 26 heavy (non-hydrogen) atoms. The van der Waals surface area contributed by atoms with E-state index in [-0.39, 0.29) is 17.5 Å². The van der Waals surface area contributed by atoms with Crippen LogP contribution in [0.3, 0.4) is 0 Å². The average molecular weight is 375 g/mol. The zero-order valence-corrected chi connectivity index (χ0v) is 16.7. The first-order valence-electron chi connectivity index (χ1n) is 8.30. The van der Waals surface area contributed by atoms with Crippen LogP contribution in [0.15, 0.2) is 35.1 Å². The number of hydrogen-bond donors (Lipinski definition) is 1. The Kier molecular flexibility index (Phi) is 5.54. The van der Waals surface area contributed by atoms with Crippen LogP contribution in [0.25, 0.3) is 0 Å². The number of benzene rings is 1. The lowest BCUT2D eigenvalue weighted by Crippen LogP contribution is -2.37. The summed E-state index contributed by atoms with van der Waals surface area (Å²) in [5, 5.41) is 11.4. The summed E-state index contributed by atoms with van der Waals surface area (Å²) in [4.78, 5) is 12.7. The highest BCUT2D eigenvalue weighted by molar-refractivity contribution is 6.83. The molecule has 3 nitrogen and oxygen atoms in total. The number of rotatable bonds is 3. The van der Waals surface area contributed by atoms with Gasteiger partial charge >= 0.3 is 0 Å². The predicted octanol–water partition coefficient (Wildman–Crippen LogP) is 3.48. The highest BCUT2D eigenvalue weighted by atomic mass is 28.3. The molecule has 0 fully saturated rings. The molecule has 2 rings (SSSR count). The van der Waals surface area contributed by atoms with Crippen molar-refractivity contribution in [1.82, 2.24) is 4.57 Å². The fourth-order valence-corrected chi connectivity index (χ4v) is 3.24. The van der Waals surface area contributed by atoms with Crippen molar-refractivity contribution in [2.24, 2.45) is 7.05 Å². The van der Waals surface area contributed by atoms with Gasteiger partial charge in [0.15, 0.2) is 0 Å². The first-order chi connectivity index (χ1) is 11.9. The van der Waals surface area contributed by atoms with Crippen LogP contribution in [0.5, 0.6) is 0 Å². The Bertz CT molecular complexity index is 931. The molecule has 0 saturated heterocycles. The van der Waals surface area contributed by atoms with Gasteiger partial charge in [-0.3, -0.25) is 4.79 Å². The monoisotopic (exact) mass is 375 g/mol. The van der Waals surface area contributed by atoms with E-state index in [9.17, 15) is 18.7 Å². The molecule has 1 aromatic heterocycles. The van der Waals surface area contributed by atoms with E-state index in [0.717, 1.165) is 18.2 Å². The molecule has 0 saturated carbocycles. The van der Waals surface area contributed by atoms with Crippen molar-refractivity contribution in [2.75, 3.05) is 0 Å². The maximum Gasteiger partial charge on any atom is 0.256 e. The minimum Gasteiger partial charge on any atom is -0.379 e. The molecule has 0 aliphatic carbocycles. The van der Waals surface area contributed by atoms with Gasteiger partial charge < -0.3 is 9.67 Å². The average Bonchev–Trinajstić information content (AvgIpc) is 2.50. The van der Waals surface area contributed by atoms with Crippen molar-refractivity contribution in [3.63, 3.8) is 0 Å². The zero-order valence-electron chi connectivity index (χ0n) is 15.7. The number of pyridine rings is 1. The summed E-state index contributed by atoms with van der Waals surface area (Å²) >= 11 is 0. The Morgan fingerprint density at radius 2 is 1.73 bits per heavy atom. The number of aryl methyl sites for hydroxylation is 1. The number of halogens is 2. The molecule has 1 heterocycles. The van der Waals surface area contributed by atoms with Crippen LogP contribution in [0.1, 0.15) is 23.2 Å². The number of aliphatic hydroxyl groups is 1. The fourth-order valence-electron chi connectivity index (χ4n) is 2.63. The van der Waals surface area contributed by atoms with Gasteiger partial charge in [0.05, 0.1) is 5.56 Å². The molecule has 6 heteroatoms. The zero-order chi connectivity index (χ0) is 19.7. The van der Waals surface area contributed by atoms with Crippen LogP contribution in [0.4, 0.5) is 8.78 Å². The molecular weight excluding hydrogens is 352 g/mol. The molecule has 0 bridgehead atoms. The van der Waals surface area contributed by atoms with Crippen LogP contribution in [-0.2, 0) is 12.6 Å². The molecule has 1 unspecified atom stereocenters. The Morgan fingerprint density at radius 3 is 2.27 bits per heavy atom. The molecule has 1 atom stereocenters. The molecule has 0 radical (unpaired) electrons. The summed E-state index contributed by atoms with van der Waals surface area (Å²) in [5.41, 5.74) is 1.52. The van der Waals surface area contributed by atoms with Crippen molar-refractivity contribution in [2.45, 2.75) is 38.6 Å². The van der Waals surface area contributed by atoms with Crippen LogP contribution in [-0.4, -0.2) is 17.7 Å². The SMILES string of the molecule is Cc1ccc(C(O)(CC#C[Si](C)(C)C)c2cc(F)cc(F)c2)c(=O)n1C. The number of aromatic nitrogens is 1. The summed E-state index contributed by atoms with van der Waals surface area (Å²) in [5.74, 6) is 1.29. The van der Waals surface area contributed by atoms with E-state index >= 15 is 0 Å². The second-order valence-corrected chi connectivity index (χ2v) is 12.2. The van der Waals surface area contributed by atoms with Gasteiger partial charge in [0.25, 0.3) is 5.56 Å². The molecule has 1 aromatic carbocycles. The summed E-state index contributed by atoms with van der Waals surface area (Å²) in [6.45, 7) is 7.90. The second kappa shape index (κ2) is 7.18. The third kappa shape index (κ3) is 4.29. The topological polar surface area (TPSA) is 42.2 Å². The lowest BCUT2D eigenvalue weighted by molar-refractivity contribution is 0.0837. The maximum absolute atomic E-state index is 13.8. The van der Waals surface area contributed by atoms with E-state index in [1.807, 2.05) is 19.6 Å². The lowest BCUT2D eigenvalue weighted by atomic mass is 9.84. The number of nitrogens with zero attached hydrogens (tertiary/aromatic N) is 1. The molecule has 0 aliphatic rings.